The summed E-state index contributed by atoms with van der Waals surface area (Å²) >= 11 is 1.63. The number of nitrogens with zero attached hydrogens (tertiary/aromatic N) is 2. The fraction of sp³-hybridized carbons (Fsp3) is 0.143. The predicted molar refractivity (Wildman–Crippen MR) is 48.4 cm³/mol. The quantitative estimate of drug-likeness (QED) is 0.748. The van der Waals surface area contributed by atoms with Crippen molar-refractivity contribution < 1.29 is 17.9 Å². The van der Waals surface area contributed by atoms with Gasteiger partial charge in [0.05, 0.1) is 3.57 Å². The molecule has 1 aromatic rings. The zero-order valence-electron chi connectivity index (χ0n) is 6.47. The summed E-state index contributed by atoms with van der Waals surface area (Å²) in [6.07, 6.45) is -3.57. The first-order valence-corrected chi connectivity index (χ1v) is 4.32. The Hall–Kier alpha value is -1.04. The summed E-state index contributed by atoms with van der Waals surface area (Å²) in [6, 6.07) is 2.84. The van der Waals surface area contributed by atoms with Crippen LogP contribution in [0.4, 0.5) is 13.2 Å². The second-order valence-electron chi connectivity index (χ2n) is 2.13. The van der Waals surface area contributed by atoms with Crippen molar-refractivity contribution in [2.24, 2.45) is 0 Å². The Morgan fingerprint density at radius 1 is 1.50 bits per heavy atom. The number of pyridine rings is 1. The van der Waals surface area contributed by atoms with Crippen LogP contribution in [0.15, 0.2) is 12.3 Å². The second kappa shape index (κ2) is 4.00. The number of alkyl halides is 3. The summed E-state index contributed by atoms with van der Waals surface area (Å²) in [5, 5.41) is 8.48. The first-order chi connectivity index (χ1) is 6.44. The molecule has 0 saturated heterocycles. The van der Waals surface area contributed by atoms with E-state index in [1.165, 1.54) is 18.3 Å². The van der Waals surface area contributed by atoms with E-state index in [-0.39, 0.29) is 9.26 Å². The van der Waals surface area contributed by atoms with Crippen molar-refractivity contribution in [3.05, 3.63) is 21.5 Å². The van der Waals surface area contributed by atoms with Gasteiger partial charge in [-0.2, -0.15) is 5.26 Å². The van der Waals surface area contributed by atoms with E-state index in [9.17, 15) is 13.2 Å². The molecule has 3 nitrogen and oxygen atoms in total. The molecule has 1 aromatic heterocycles. The van der Waals surface area contributed by atoms with Crippen LogP contribution < -0.4 is 4.74 Å². The fourth-order valence-corrected chi connectivity index (χ4v) is 1.24. The molecule has 0 aliphatic rings. The molecule has 14 heavy (non-hydrogen) atoms. The van der Waals surface area contributed by atoms with Gasteiger partial charge in [0.15, 0.2) is 11.4 Å². The van der Waals surface area contributed by atoms with Crippen LogP contribution in [0.3, 0.4) is 0 Å². The van der Waals surface area contributed by atoms with Gasteiger partial charge in [-0.15, -0.1) is 13.2 Å². The van der Waals surface area contributed by atoms with Crippen molar-refractivity contribution in [2.75, 3.05) is 0 Å². The van der Waals surface area contributed by atoms with Crippen molar-refractivity contribution in [2.45, 2.75) is 6.36 Å². The predicted octanol–water partition coefficient (Wildman–Crippen LogP) is 2.46. The molecule has 0 unspecified atom stereocenters. The number of aromatic nitrogens is 1. The maximum atomic E-state index is 11.9. The van der Waals surface area contributed by atoms with Crippen LogP contribution in [0.5, 0.6) is 5.75 Å². The van der Waals surface area contributed by atoms with Gasteiger partial charge in [0.2, 0.25) is 0 Å². The summed E-state index contributed by atoms with van der Waals surface area (Å²) in [6.45, 7) is 0. The highest BCUT2D eigenvalue weighted by Crippen LogP contribution is 2.29. The molecule has 0 amide bonds. The first kappa shape index (κ1) is 11.0. The van der Waals surface area contributed by atoms with Gasteiger partial charge in [-0.3, -0.25) is 0 Å². The van der Waals surface area contributed by atoms with Crippen LogP contribution in [-0.2, 0) is 0 Å². The third-order valence-electron chi connectivity index (χ3n) is 1.18. The average Bonchev–Trinajstić information content (AvgIpc) is 2.06. The number of hydrogen-bond donors (Lipinski definition) is 0. The normalized spacial score (nSPS) is 10.8. The Kier molecular flexibility index (Phi) is 3.15. The van der Waals surface area contributed by atoms with Crippen LogP contribution in [0.2, 0.25) is 0 Å². The summed E-state index contributed by atoms with van der Waals surface area (Å²) in [5.41, 5.74) is -0.380. The van der Waals surface area contributed by atoms with Gasteiger partial charge in [-0.1, -0.05) is 0 Å². The molecule has 1 heterocycles. The third-order valence-corrected chi connectivity index (χ3v) is 2.03. The summed E-state index contributed by atoms with van der Waals surface area (Å²) in [7, 11) is 0. The number of ether oxygens (including phenoxy) is 1. The van der Waals surface area contributed by atoms with Gasteiger partial charge in [0, 0.05) is 6.20 Å². The molecular weight excluding hydrogens is 312 g/mol. The highest BCUT2D eigenvalue weighted by Gasteiger charge is 2.33. The molecule has 0 aliphatic heterocycles. The lowest BCUT2D eigenvalue weighted by atomic mass is 10.3. The lowest BCUT2D eigenvalue weighted by molar-refractivity contribution is -0.275. The fourth-order valence-electron chi connectivity index (χ4n) is 0.717. The lowest BCUT2D eigenvalue weighted by Crippen LogP contribution is -2.18. The number of halogens is 4. The molecule has 0 spiro atoms. The molecule has 0 aromatic carbocycles. The van der Waals surface area contributed by atoms with E-state index < -0.39 is 12.1 Å². The largest absolute Gasteiger partial charge is 0.573 e. The van der Waals surface area contributed by atoms with E-state index in [1.807, 2.05) is 0 Å². The number of hydrogen-bond acceptors (Lipinski definition) is 3. The SMILES string of the molecule is N#Cc1nccc(I)c1OC(F)(F)F. The van der Waals surface area contributed by atoms with Gasteiger partial charge in [-0.25, -0.2) is 4.98 Å². The van der Waals surface area contributed by atoms with E-state index in [0.29, 0.717) is 0 Å². The Balaban J connectivity index is 3.13. The zero-order chi connectivity index (χ0) is 10.8. The highest BCUT2D eigenvalue weighted by molar-refractivity contribution is 14.1. The maximum absolute atomic E-state index is 11.9. The maximum Gasteiger partial charge on any atom is 0.573 e. The molecule has 0 bridgehead atoms. The standard InChI is InChI=1S/C7H2F3IN2O/c8-7(9,10)14-6-4(11)1-2-13-5(6)3-12/h1-2H. The van der Waals surface area contributed by atoms with Crippen molar-refractivity contribution in [3.8, 4) is 11.8 Å². The molecular formula is C7H2F3IN2O. The molecule has 0 atom stereocenters. The van der Waals surface area contributed by atoms with Gasteiger partial charge in [-0.05, 0) is 28.7 Å². The lowest BCUT2D eigenvalue weighted by Gasteiger charge is -2.10. The van der Waals surface area contributed by atoms with Gasteiger partial charge >= 0.3 is 6.36 Å². The molecule has 74 valence electrons. The van der Waals surface area contributed by atoms with E-state index >= 15 is 0 Å². The third kappa shape index (κ3) is 2.73. The Morgan fingerprint density at radius 3 is 2.64 bits per heavy atom. The van der Waals surface area contributed by atoms with E-state index in [4.69, 9.17) is 5.26 Å². The molecule has 0 aliphatic carbocycles. The molecule has 7 heteroatoms. The van der Waals surface area contributed by atoms with E-state index in [1.54, 1.807) is 22.6 Å². The smallest absolute Gasteiger partial charge is 0.402 e. The number of nitriles is 1. The van der Waals surface area contributed by atoms with Gasteiger partial charge in [0.25, 0.3) is 0 Å². The Bertz CT molecular complexity index is 386. The summed E-state index contributed by atoms with van der Waals surface area (Å²) < 4.78 is 39.5. The summed E-state index contributed by atoms with van der Waals surface area (Å²) in [4.78, 5) is 3.45. The Morgan fingerprint density at radius 2 is 2.14 bits per heavy atom. The summed E-state index contributed by atoms with van der Waals surface area (Å²) in [5.74, 6) is -0.553. The van der Waals surface area contributed by atoms with E-state index in [0.717, 1.165) is 0 Å². The van der Waals surface area contributed by atoms with Crippen molar-refractivity contribution in [1.29, 1.82) is 5.26 Å². The van der Waals surface area contributed by atoms with E-state index in [2.05, 4.69) is 9.72 Å². The highest BCUT2D eigenvalue weighted by atomic mass is 127. The van der Waals surface area contributed by atoms with Crippen LogP contribution in [0, 0.1) is 14.9 Å². The van der Waals surface area contributed by atoms with Gasteiger partial charge in [0.1, 0.15) is 6.07 Å². The minimum absolute atomic E-state index is 0.187. The van der Waals surface area contributed by atoms with Crippen LogP contribution in [-0.4, -0.2) is 11.3 Å². The molecule has 0 N–H and O–H groups in total. The second-order valence-corrected chi connectivity index (χ2v) is 3.29. The van der Waals surface area contributed by atoms with Crippen LogP contribution in [0.1, 0.15) is 5.69 Å². The number of rotatable bonds is 1. The molecule has 1 rings (SSSR count). The average molecular weight is 314 g/mol. The molecule has 0 radical (unpaired) electrons. The molecule has 0 saturated carbocycles. The van der Waals surface area contributed by atoms with Crippen LogP contribution >= 0.6 is 22.6 Å². The topological polar surface area (TPSA) is 45.9 Å². The monoisotopic (exact) mass is 314 g/mol. The van der Waals surface area contributed by atoms with Crippen molar-refractivity contribution in [3.63, 3.8) is 0 Å². The minimum atomic E-state index is -4.81. The van der Waals surface area contributed by atoms with Crippen LogP contribution in [0.25, 0.3) is 0 Å². The molecule has 0 fully saturated rings. The van der Waals surface area contributed by atoms with Crippen molar-refractivity contribution >= 4 is 22.6 Å². The minimum Gasteiger partial charge on any atom is -0.402 e. The van der Waals surface area contributed by atoms with Gasteiger partial charge < -0.3 is 4.74 Å². The zero-order valence-corrected chi connectivity index (χ0v) is 8.63. The first-order valence-electron chi connectivity index (χ1n) is 3.24. The van der Waals surface area contributed by atoms with Crippen molar-refractivity contribution in [1.82, 2.24) is 4.98 Å². The Labute approximate surface area is 90.6 Å².